The van der Waals surface area contributed by atoms with Crippen molar-refractivity contribution < 1.29 is 0 Å². The number of aromatic nitrogens is 3. The molecule has 2 aliphatic heterocycles. The topological polar surface area (TPSA) is 63.2 Å². The van der Waals surface area contributed by atoms with Gasteiger partial charge >= 0.3 is 0 Å². The van der Waals surface area contributed by atoms with E-state index < -0.39 is 0 Å². The fourth-order valence-corrected chi connectivity index (χ4v) is 3.75. The number of nitrogens with zero attached hydrogens (tertiary/aromatic N) is 5. The molecule has 2 aliphatic rings. The van der Waals surface area contributed by atoms with E-state index in [1.54, 1.807) is 0 Å². The molecule has 2 N–H and O–H groups in total. The SMILES string of the molecule is CN1CCCC2CN(Cc3cn(CCN)nn3)CCC21. The Labute approximate surface area is 120 Å². The highest BCUT2D eigenvalue weighted by Crippen LogP contribution is 2.29. The first kappa shape index (κ1) is 14.0. The van der Waals surface area contributed by atoms with E-state index in [4.69, 9.17) is 5.73 Å². The normalized spacial score (nSPS) is 28.5. The summed E-state index contributed by atoms with van der Waals surface area (Å²) in [5.41, 5.74) is 6.61. The summed E-state index contributed by atoms with van der Waals surface area (Å²) in [6.07, 6.45) is 6.05. The van der Waals surface area contributed by atoms with Gasteiger partial charge in [0.15, 0.2) is 0 Å². The summed E-state index contributed by atoms with van der Waals surface area (Å²) in [4.78, 5) is 5.10. The monoisotopic (exact) mass is 278 g/mol. The van der Waals surface area contributed by atoms with E-state index >= 15 is 0 Å². The Morgan fingerprint density at radius 1 is 1.35 bits per heavy atom. The van der Waals surface area contributed by atoms with Gasteiger partial charge in [0.1, 0.15) is 0 Å². The molecule has 112 valence electrons. The third-order valence-corrected chi connectivity index (χ3v) is 4.76. The average molecular weight is 278 g/mol. The molecule has 0 amide bonds. The van der Waals surface area contributed by atoms with Crippen LogP contribution in [0.25, 0.3) is 0 Å². The van der Waals surface area contributed by atoms with Crippen LogP contribution < -0.4 is 5.73 Å². The van der Waals surface area contributed by atoms with Crippen LogP contribution in [-0.4, -0.2) is 64.1 Å². The van der Waals surface area contributed by atoms with Gasteiger partial charge in [0, 0.05) is 38.4 Å². The van der Waals surface area contributed by atoms with Gasteiger partial charge in [0.25, 0.3) is 0 Å². The van der Waals surface area contributed by atoms with E-state index in [0.29, 0.717) is 6.54 Å². The lowest BCUT2D eigenvalue weighted by Gasteiger charge is -2.45. The summed E-state index contributed by atoms with van der Waals surface area (Å²) in [6.45, 7) is 5.95. The molecule has 1 aromatic rings. The quantitative estimate of drug-likeness (QED) is 0.849. The first-order chi connectivity index (χ1) is 9.76. The summed E-state index contributed by atoms with van der Waals surface area (Å²) in [5.74, 6) is 0.835. The van der Waals surface area contributed by atoms with Crippen LogP contribution in [0.2, 0.25) is 0 Å². The standard InChI is InChI=1S/C14H26N6/c1-18-6-2-3-12-9-19(7-4-14(12)18)10-13-11-20(8-5-15)17-16-13/h11-12,14H,2-10,15H2,1H3. The molecule has 1 aromatic heterocycles. The predicted molar refractivity (Wildman–Crippen MR) is 78.1 cm³/mol. The van der Waals surface area contributed by atoms with E-state index in [9.17, 15) is 0 Å². The maximum atomic E-state index is 5.54. The number of rotatable bonds is 4. The summed E-state index contributed by atoms with van der Waals surface area (Å²) in [5, 5.41) is 8.37. The van der Waals surface area contributed by atoms with Gasteiger partial charge in [0.2, 0.25) is 0 Å². The van der Waals surface area contributed by atoms with Crippen LogP contribution in [0.3, 0.4) is 0 Å². The number of piperidine rings is 2. The lowest BCUT2D eigenvalue weighted by Crippen LogP contribution is -2.52. The minimum atomic E-state index is 0.614. The van der Waals surface area contributed by atoms with Crippen LogP contribution >= 0.6 is 0 Å². The molecular weight excluding hydrogens is 252 g/mol. The van der Waals surface area contributed by atoms with Gasteiger partial charge in [-0.15, -0.1) is 5.10 Å². The van der Waals surface area contributed by atoms with Crippen LogP contribution in [0, 0.1) is 5.92 Å². The van der Waals surface area contributed by atoms with Gasteiger partial charge < -0.3 is 10.6 Å². The average Bonchev–Trinajstić information content (AvgIpc) is 2.87. The van der Waals surface area contributed by atoms with E-state index in [1.807, 2.05) is 10.9 Å². The Morgan fingerprint density at radius 2 is 2.25 bits per heavy atom. The van der Waals surface area contributed by atoms with Crippen molar-refractivity contribution in [2.45, 2.75) is 38.4 Å². The van der Waals surface area contributed by atoms with Crippen molar-refractivity contribution in [1.82, 2.24) is 24.8 Å². The van der Waals surface area contributed by atoms with Crippen molar-refractivity contribution >= 4 is 0 Å². The maximum Gasteiger partial charge on any atom is 0.0967 e. The predicted octanol–water partition coefficient (Wildman–Crippen LogP) is 0.153. The van der Waals surface area contributed by atoms with E-state index in [1.165, 1.54) is 38.9 Å². The van der Waals surface area contributed by atoms with E-state index in [0.717, 1.165) is 30.7 Å². The van der Waals surface area contributed by atoms with Crippen molar-refractivity contribution in [3.8, 4) is 0 Å². The van der Waals surface area contributed by atoms with Gasteiger partial charge in [-0.2, -0.15) is 0 Å². The highest BCUT2D eigenvalue weighted by Gasteiger charge is 2.34. The summed E-state index contributed by atoms with van der Waals surface area (Å²) in [6, 6.07) is 0.799. The number of hydrogen-bond acceptors (Lipinski definition) is 5. The van der Waals surface area contributed by atoms with Gasteiger partial charge in [-0.1, -0.05) is 5.21 Å². The van der Waals surface area contributed by atoms with Crippen molar-refractivity contribution in [3.63, 3.8) is 0 Å². The fourth-order valence-electron chi connectivity index (χ4n) is 3.75. The molecule has 3 heterocycles. The molecule has 6 nitrogen and oxygen atoms in total. The second kappa shape index (κ2) is 6.20. The number of nitrogens with two attached hydrogens (primary N) is 1. The Balaban J connectivity index is 1.56. The molecule has 0 aliphatic carbocycles. The molecule has 6 heteroatoms. The van der Waals surface area contributed by atoms with Crippen molar-refractivity contribution in [2.24, 2.45) is 11.7 Å². The fraction of sp³-hybridized carbons (Fsp3) is 0.857. The van der Waals surface area contributed by atoms with Gasteiger partial charge in [0.05, 0.1) is 12.2 Å². The molecule has 0 radical (unpaired) electrons. The number of fused-ring (bicyclic) bond motifs is 1. The highest BCUT2D eigenvalue weighted by atomic mass is 15.4. The van der Waals surface area contributed by atoms with Crippen LogP contribution in [0.15, 0.2) is 6.20 Å². The molecule has 20 heavy (non-hydrogen) atoms. The molecule has 2 saturated heterocycles. The third-order valence-electron chi connectivity index (χ3n) is 4.76. The van der Waals surface area contributed by atoms with Crippen molar-refractivity contribution in [3.05, 3.63) is 11.9 Å². The minimum absolute atomic E-state index is 0.614. The Kier molecular flexibility index (Phi) is 4.33. The first-order valence-corrected chi connectivity index (χ1v) is 7.78. The second-order valence-electron chi connectivity index (χ2n) is 6.24. The van der Waals surface area contributed by atoms with E-state index in [2.05, 4.69) is 27.2 Å². The Morgan fingerprint density at radius 3 is 3.10 bits per heavy atom. The van der Waals surface area contributed by atoms with Crippen LogP contribution in [0.5, 0.6) is 0 Å². The molecular formula is C14H26N6. The largest absolute Gasteiger partial charge is 0.329 e. The minimum Gasteiger partial charge on any atom is -0.329 e. The number of likely N-dealkylation sites (tertiary alicyclic amines) is 2. The van der Waals surface area contributed by atoms with Gasteiger partial charge in [-0.05, 0) is 38.8 Å². The Hall–Kier alpha value is -0.980. The second-order valence-corrected chi connectivity index (χ2v) is 6.24. The lowest BCUT2D eigenvalue weighted by atomic mass is 9.84. The Bertz CT molecular complexity index is 431. The van der Waals surface area contributed by atoms with Crippen molar-refractivity contribution in [1.29, 1.82) is 0 Å². The molecule has 2 fully saturated rings. The smallest absolute Gasteiger partial charge is 0.0967 e. The maximum absolute atomic E-state index is 5.54. The summed E-state index contributed by atoms with van der Waals surface area (Å²) in [7, 11) is 2.28. The molecule has 3 rings (SSSR count). The molecule has 0 aromatic carbocycles. The molecule has 0 saturated carbocycles. The van der Waals surface area contributed by atoms with Gasteiger partial charge in [-0.25, -0.2) is 0 Å². The van der Waals surface area contributed by atoms with E-state index in [-0.39, 0.29) is 0 Å². The molecule has 2 unspecified atom stereocenters. The first-order valence-electron chi connectivity index (χ1n) is 7.78. The molecule has 0 bridgehead atoms. The highest BCUT2D eigenvalue weighted by molar-refractivity contribution is 4.95. The zero-order valence-electron chi connectivity index (χ0n) is 12.4. The zero-order valence-corrected chi connectivity index (χ0v) is 12.4. The zero-order chi connectivity index (χ0) is 13.9. The summed E-state index contributed by atoms with van der Waals surface area (Å²) < 4.78 is 1.84. The third kappa shape index (κ3) is 3.02. The molecule has 0 spiro atoms. The van der Waals surface area contributed by atoms with Crippen LogP contribution in [-0.2, 0) is 13.1 Å². The van der Waals surface area contributed by atoms with Crippen LogP contribution in [0.1, 0.15) is 25.0 Å². The lowest BCUT2D eigenvalue weighted by molar-refractivity contribution is 0.0350. The van der Waals surface area contributed by atoms with Crippen molar-refractivity contribution in [2.75, 3.05) is 33.2 Å². The van der Waals surface area contributed by atoms with Gasteiger partial charge in [-0.3, -0.25) is 9.58 Å². The summed E-state index contributed by atoms with van der Waals surface area (Å²) >= 11 is 0. The molecule has 2 atom stereocenters. The number of hydrogen-bond donors (Lipinski definition) is 1. The van der Waals surface area contributed by atoms with Crippen LogP contribution in [0.4, 0.5) is 0 Å².